The van der Waals surface area contributed by atoms with Crippen LogP contribution in [0.15, 0.2) is 48.9 Å². The summed E-state index contributed by atoms with van der Waals surface area (Å²) in [6, 6.07) is 8.43. The number of anilines is 2. The van der Waals surface area contributed by atoms with E-state index >= 15 is 0 Å². The van der Waals surface area contributed by atoms with E-state index in [1.54, 1.807) is 57.4 Å². The third-order valence-corrected chi connectivity index (χ3v) is 4.61. The molecule has 30 heavy (non-hydrogen) atoms. The maximum absolute atomic E-state index is 13.5. The minimum Gasteiger partial charge on any atom is -0.357 e. The van der Waals surface area contributed by atoms with E-state index in [4.69, 9.17) is 0 Å². The van der Waals surface area contributed by atoms with Crippen molar-refractivity contribution >= 4 is 17.5 Å². The second-order valence-electron chi connectivity index (χ2n) is 7.35. The summed E-state index contributed by atoms with van der Waals surface area (Å²) in [5.41, 5.74) is 0.769. The van der Waals surface area contributed by atoms with Gasteiger partial charge >= 0.3 is 0 Å². The molecule has 0 spiro atoms. The van der Waals surface area contributed by atoms with E-state index in [1.807, 2.05) is 0 Å². The Hall–Kier alpha value is -3.49. The second kappa shape index (κ2) is 8.10. The molecule has 0 radical (unpaired) electrons. The quantitative estimate of drug-likeness (QED) is 0.636. The molecule has 1 aromatic carbocycles. The summed E-state index contributed by atoms with van der Waals surface area (Å²) in [5.74, 6) is -2.89. The van der Waals surface area contributed by atoms with Crippen LogP contribution in [0.1, 0.15) is 32.2 Å². The average molecular weight is 412 g/mol. The Labute approximate surface area is 173 Å². The zero-order valence-electron chi connectivity index (χ0n) is 17.1. The largest absolute Gasteiger partial charge is 0.357 e. The molecule has 2 N–H and O–H groups in total. The van der Waals surface area contributed by atoms with Gasteiger partial charge in [-0.2, -0.15) is 8.78 Å². The third kappa shape index (κ3) is 4.56. The summed E-state index contributed by atoms with van der Waals surface area (Å²) >= 11 is 0. The smallest absolute Gasteiger partial charge is 0.288 e. The predicted molar refractivity (Wildman–Crippen MR) is 110 cm³/mol. The van der Waals surface area contributed by atoms with Gasteiger partial charge in [-0.1, -0.05) is 12.1 Å². The van der Waals surface area contributed by atoms with Gasteiger partial charge in [-0.05, 0) is 32.0 Å². The zero-order chi connectivity index (χ0) is 21.9. The summed E-state index contributed by atoms with van der Waals surface area (Å²) in [5, 5.41) is 5.71. The summed E-state index contributed by atoms with van der Waals surface area (Å²) in [6.45, 7) is 4.31. The topological polar surface area (TPSA) is 92.7 Å². The summed E-state index contributed by atoms with van der Waals surface area (Å²) in [4.78, 5) is 29.1. The molecule has 0 atom stereocenters. The highest BCUT2D eigenvalue weighted by Crippen LogP contribution is 2.28. The van der Waals surface area contributed by atoms with Crippen LogP contribution >= 0.6 is 0 Å². The van der Waals surface area contributed by atoms with Crippen LogP contribution in [-0.4, -0.2) is 32.9 Å². The van der Waals surface area contributed by atoms with Gasteiger partial charge in [0.2, 0.25) is 11.9 Å². The standard InChI is InChI=1S/C21H22F2N6O/c1-20(2,16-9-10-26-19(24-4)29-16)18(30)27-14-7-5-13(6-8-14)15-11-25-12-17(28-15)21(3,22)23/h5-12H,1-4H3,(H,27,30)(H,24,26,29). The molecule has 0 fully saturated rings. The lowest BCUT2D eigenvalue weighted by atomic mass is 9.88. The maximum Gasteiger partial charge on any atom is 0.288 e. The van der Waals surface area contributed by atoms with Gasteiger partial charge in [0.05, 0.1) is 29.2 Å². The fourth-order valence-electron chi connectivity index (χ4n) is 2.67. The monoisotopic (exact) mass is 412 g/mol. The minimum atomic E-state index is -3.07. The van der Waals surface area contributed by atoms with Crippen LogP contribution in [0.5, 0.6) is 0 Å². The number of carbonyl (C=O) groups excluding carboxylic acids is 1. The number of alkyl halides is 2. The van der Waals surface area contributed by atoms with Crippen molar-refractivity contribution < 1.29 is 13.6 Å². The number of benzene rings is 1. The Morgan fingerprint density at radius 2 is 1.67 bits per heavy atom. The average Bonchev–Trinajstić information content (AvgIpc) is 2.73. The Bertz CT molecular complexity index is 1050. The molecule has 0 unspecified atom stereocenters. The van der Waals surface area contributed by atoms with Crippen molar-refractivity contribution in [3.05, 3.63) is 60.3 Å². The van der Waals surface area contributed by atoms with Crippen molar-refractivity contribution in [1.82, 2.24) is 19.9 Å². The Morgan fingerprint density at radius 1 is 0.967 bits per heavy atom. The summed E-state index contributed by atoms with van der Waals surface area (Å²) in [6.07, 6.45) is 4.06. The SMILES string of the molecule is CNc1nccc(C(C)(C)C(=O)Nc2ccc(-c3cncc(C(C)(F)F)n3)cc2)n1. The van der Waals surface area contributed by atoms with Crippen LogP contribution in [-0.2, 0) is 16.1 Å². The first-order chi connectivity index (χ1) is 14.1. The third-order valence-electron chi connectivity index (χ3n) is 4.61. The first-order valence-electron chi connectivity index (χ1n) is 9.25. The van der Waals surface area contributed by atoms with Crippen molar-refractivity contribution in [3.63, 3.8) is 0 Å². The number of nitrogens with one attached hydrogen (secondary N) is 2. The highest BCUT2D eigenvalue weighted by molar-refractivity contribution is 5.98. The van der Waals surface area contributed by atoms with E-state index in [1.165, 1.54) is 6.20 Å². The number of hydrogen-bond donors (Lipinski definition) is 2. The fourth-order valence-corrected chi connectivity index (χ4v) is 2.67. The normalized spacial score (nSPS) is 11.8. The number of amides is 1. The molecule has 3 aromatic rings. The van der Waals surface area contributed by atoms with Gasteiger partial charge in [0.1, 0.15) is 5.69 Å². The van der Waals surface area contributed by atoms with Crippen molar-refractivity contribution in [3.8, 4) is 11.3 Å². The van der Waals surface area contributed by atoms with Crippen LogP contribution in [0.2, 0.25) is 0 Å². The number of aromatic nitrogens is 4. The zero-order valence-corrected chi connectivity index (χ0v) is 17.1. The molecule has 0 aliphatic rings. The molecule has 9 heteroatoms. The lowest BCUT2D eigenvalue weighted by molar-refractivity contribution is -0.120. The van der Waals surface area contributed by atoms with Gasteiger partial charge in [-0.3, -0.25) is 9.78 Å². The van der Waals surface area contributed by atoms with Gasteiger partial charge in [-0.25, -0.2) is 15.0 Å². The number of halogens is 2. The molecule has 1 amide bonds. The summed E-state index contributed by atoms with van der Waals surface area (Å²) in [7, 11) is 1.70. The molecular weight excluding hydrogens is 390 g/mol. The number of rotatable bonds is 6. The Balaban J connectivity index is 1.78. The highest BCUT2D eigenvalue weighted by atomic mass is 19.3. The van der Waals surface area contributed by atoms with Crippen molar-refractivity contribution in [1.29, 1.82) is 0 Å². The highest BCUT2D eigenvalue weighted by Gasteiger charge is 2.32. The van der Waals surface area contributed by atoms with E-state index < -0.39 is 17.0 Å². The lowest BCUT2D eigenvalue weighted by Crippen LogP contribution is -2.35. The number of nitrogens with zero attached hydrogens (tertiary/aromatic N) is 4. The molecule has 156 valence electrons. The molecule has 2 aromatic heterocycles. The van der Waals surface area contributed by atoms with Crippen molar-refractivity contribution in [2.45, 2.75) is 32.1 Å². The van der Waals surface area contributed by atoms with E-state index in [9.17, 15) is 13.6 Å². The van der Waals surface area contributed by atoms with E-state index in [0.29, 0.717) is 28.6 Å². The fraction of sp³-hybridized carbons (Fsp3) is 0.286. The van der Waals surface area contributed by atoms with E-state index in [0.717, 1.165) is 13.1 Å². The first kappa shape index (κ1) is 21.2. The van der Waals surface area contributed by atoms with Gasteiger partial charge < -0.3 is 10.6 Å². The van der Waals surface area contributed by atoms with Gasteiger partial charge in [0, 0.05) is 31.4 Å². The molecular formula is C21H22F2N6O. The van der Waals surface area contributed by atoms with Gasteiger partial charge in [0.15, 0.2) is 0 Å². The first-order valence-corrected chi connectivity index (χ1v) is 9.25. The van der Waals surface area contributed by atoms with Crippen LogP contribution < -0.4 is 10.6 Å². The molecule has 0 aliphatic heterocycles. The molecule has 0 saturated heterocycles. The molecule has 0 saturated carbocycles. The molecule has 2 heterocycles. The molecule has 0 bridgehead atoms. The number of hydrogen-bond acceptors (Lipinski definition) is 6. The number of carbonyl (C=O) groups is 1. The Morgan fingerprint density at radius 3 is 2.30 bits per heavy atom. The maximum atomic E-state index is 13.5. The van der Waals surface area contributed by atoms with Crippen LogP contribution in [0.25, 0.3) is 11.3 Å². The lowest BCUT2D eigenvalue weighted by Gasteiger charge is -2.23. The van der Waals surface area contributed by atoms with Gasteiger partial charge in [-0.15, -0.1) is 0 Å². The van der Waals surface area contributed by atoms with Crippen molar-refractivity contribution in [2.24, 2.45) is 0 Å². The predicted octanol–water partition coefficient (Wildman–Crippen LogP) is 4.00. The van der Waals surface area contributed by atoms with Crippen LogP contribution in [0.4, 0.5) is 20.4 Å². The van der Waals surface area contributed by atoms with Crippen LogP contribution in [0.3, 0.4) is 0 Å². The molecule has 0 aliphatic carbocycles. The Kier molecular flexibility index (Phi) is 5.73. The van der Waals surface area contributed by atoms with E-state index in [2.05, 4.69) is 30.6 Å². The van der Waals surface area contributed by atoms with Crippen molar-refractivity contribution in [2.75, 3.05) is 17.7 Å². The van der Waals surface area contributed by atoms with Gasteiger partial charge in [0.25, 0.3) is 5.92 Å². The summed E-state index contributed by atoms with van der Waals surface area (Å²) < 4.78 is 27.0. The minimum absolute atomic E-state index is 0.247. The second-order valence-corrected chi connectivity index (χ2v) is 7.35. The molecule has 3 rings (SSSR count). The van der Waals surface area contributed by atoms with Crippen LogP contribution in [0, 0.1) is 0 Å². The molecule has 7 nitrogen and oxygen atoms in total. The van der Waals surface area contributed by atoms with E-state index in [-0.39, 0.29) is 5.91 Å².